The number of benzene rings is 1. The van der Waals surface area contributed by atoms with E-state index in [1.807, 2.05) is 13.8 Å². The Bertz CT molecular complexity index is 1120. The number of hydrogen-bond donors (Lipinski definition) is 1. The molecule has 1 aromatic carbocycles. The van der Waals surface area contributed by atoms with Crippen LogP contribution in [0.15, 0.2) is 59.9 Å². The van der Waals surface area contributed by atoms with Gasteiger partial charge in [0.25, 0.3) is 0 Å². The summed E-state index contributed by atoms with van der Waals surface area (Å²) in [6, 6.07) is 8.81. The van der Waals surface area contributed by atoms with Crippen molar-refractivity contribution in [2.75, 3.05) is 5.32 Å². The van der Waals surface area contributed by atoms with Gasteiger partial charge in [0, 0.05) is 36.1 Å². The van der Waals surface area contributed by atoms with Crippen LogP contribution in [0.1, 0.15) is 23.4 Å². The number of carbonyl (C=O) groups excluding carboxylic acids is 1. The number of imidazole rings is 1. The average molecular weight is 404 g/mol. The lowest BCUT2D eigenvalue weighted by molar-refractivity contribution is -0.116. The molecule has 3 aromatic heterocycles. The molecule has 0 aliphatic heterocycles. The highest BCUT2D eigenvalue weighted by Crippen LogP contribution is 2.22. The number of amides is 1. The second-order valence-electron chi connectivity index (χ2n) is 6.66. The number of aromatic nitrogens is 5. The Hall–Kier alpha value is -4.01. The maximum atomic E-state index is 12.2. The number of aryl methyl sites for hydroxylation is 2. The molecule has 0 saturated heterocycles. The molecule has 152 valence electrons. The molecule has 4 rings (SSSR count). The zero-order valence-corrected chi connectivity index (χ0v) is 16.6. The monoisotopic (exact) mass is 404 g/mol. The number of ether oxygens (including phenoxy) is 1. The molecule has 0 atom stereocenters. The number of nitrogens with one attached hydrogen (secondary N) is 1. The molecule has 4 aromatic rings. The normalized spacial score (nSPS) is 10.7. The molecule has 0 saturated carbocycles. The minimum atomic E-state index is -0.0792. The lowest BCUT2D eigenvalue weighted by Gasteiger charge is -2.08. The molecule has 0 bridgehead atoms. The Morgan fingerprint density at radius 1 is 1.20 bits per heavy atom. The van der Waals surface area contributed by atoms with Gasteiger partial charge in [0.2, 0.25) is 11.8 Å². The summed E-state index contributed by atoms with van der Waals surface area (Å²) < 4.78 is 12.7. The molecular weight excluding hydrogens is 384 g/mol. The largest absolute Gasteiger partial charge is 0.439 e. The van der Waals surface area contributed by atoms with Crippen LogP contribution in [-0.2, 0) is 11.2 Å². The van der Waals surface area contributed by atoms with Crippen molar-refractivity contribution in [3.63, 3.8) is 0 Å². The van der Waals surface area contributed by atoms with Crippen LogP contribution in [-0.4, -0.2) is 30.6 Å². The summed E-state index contributed by atoms with van der Waals surface area (Å²) in [6.45, 7) is 3.72. The third-order valence-electron chi connectivity index (χ3n) is 4.54. The molecule has 0 aliphatic carbocycles. The first-order valence-electron chi connectivity index (χ1n) is 9.38. The predicted molar refractivity (Wildman–Crippen MR) is 109 cm³/mol. The van der Waals surface area contributed by atoms with Crippen LogP contribution in [0.5, 0.6) is 11.6 Å². The molecule has 30 heavy (non-hydrogen) atoms. The molecule has 0 aliphatic rings. The summed E-state index contributed by atoms with van der Waals surface area (Å²) >= 11 is 0. The van der Waals surface area contributed by atoms with Gasteiger partial charge in [0.15, 0.2) is 0 Å². The van der Waals surface area contributed by atoms with Crippen LogP contribution in [0.2, 0.25) is 0 Å². The summed E-state index contributed by atoms with van der Waals surface area (Å²) in [7, 11) is 0. The van der Waals surface area contributed by atoms with Crippen LogP contribution in [0.4, 0.5) is 5.69 Å². The van der Waals surface area contributed by atoms with Gasteiger partial charge in [0.05, 0.1) is 5.69 Å². The fourth-order valence-corrected chi connectivity index (χ4v) is 2.97. The average Bonchev–Trinajstić information content (AvgIpc) is 3.39. The van der Waals surface area contributed by atoms with Gasteiger partial charge < -0.3 is 14.6 Å². The highest BCUT2D eigenvalue weighted by Gasteiger charge is 2.11. The molecule has 9 nitrogen and oxygen atoms in total. The molecule has 1 N–H and O–H groups in total. The second-order valence-corrected chi connectivity index (χ2v) is 6.66. The first-order chi connectivity index (χ1) is 14.6. The van der Waals surface area contributed by atoms with E-state index in [1.165, 1.54) is 6.33 Å². The standard InChI is InChI=1S/C21H20N6O3/c1-14-18(15(2)30-26-14)7-8-20(28)25-16-3-5-17(6-4-16)29-21-11-19(23-12-24-21)27-10-9-22-13-27/h3-6,9-13H,7-8H2,1-2H3,(H,25,28). The van der Waals surface area contributed by atoms with Crippen LogP contribution in [0.25, 0.3) is 5.82 Å². The molecule has 0 radical (unpaired) electrons. The van der Waals surface area contributed by atoms with Gasteiger partial charge in [-0.3, -0.25) is 9.36 Å². The zero-order chi connectivity index (χ0) is 20.9. The Morgan fingerprint density at radius 2 is 2.03 bits per heavy atom. The Kier molecular flexibility index (Phi) is 5.51. The van der Waals surface area contributed by atoms with Crippen molar-refractivity contribution in [2.24, 2.45) is 0 Å². The number of rotatable bonds is 7. The maximum absolute atomic E-state index is 12.2. The third kappa shape index (κ3) is 4.52. The van der Waals surface area contributed by atoms with E-state index in [-0.39, 0.29) is 5.91 Å². The molecule has 0 spiro atoms. The van der Waals surface area contributed by atoms with Crippen molar-refractivity contribution in [1.29, 1.82) is 0 Å². The van der Waals surface area contributed by atoms with Crippen LogP contribution < -0.4 is 10.1 Å². The van der Waals surface area contributed by atoms with Gasteiger partial charge in [-0.1, -0.05) is 5.16 Å². The van der Waals surface area contributed by atoms with Gasteiger partial charge in [0.1, 0.15) is 30.0 Å². The van der Waals surface area contributed by atoms with Gasteiger partial charge in [-0.15, -0.1) is 0 Å². The summed E-state index contributed by atoms with van der Waals surface area (Å²) in [4.78, 5) is 24.6. The van der Waals surface area contributed by atoms with E-state index in [0.717, 1.165) is 17.0 Å². The molecule has 0 unspecified atom stereocenters. The van der Waals surface area contributed by atoms with Crippen molar-refractivity contribution in [3.8, 4) is 17.4 Å². The Labute approximate surface area is 172 Å². The van der Waals surface area contributed by atoms with E-state index >= 15 is 0 Å². The third-order valence-corrected chi connectivity index (χ3v) is 4.54. The van der Waals surface area contributed by atoms with E-state index in [4.69, 9.17) is 9.26 Å². The van der Waals surface area contributed by atoms with E-state index in [2.05, 4.69) is 25.4 Å². The molecule has 3 heterocycles. The summed E-state index contributed by atoms with van der Waals surface area (Å²) in [6.07, 6.45) is 7.47. The fraction of sp³-hybridized carbons (Fsp3) is 0.190. The van der Waals surface area contributed by atoms with Crippen molar-refractivity contribution in [3.05, 3.63) is 72.4 Å². The molecule has 1 amide bonds. The minimum Gasteiger partial charge on any atom is -0.439 e. The summed E-state index contributed by atoms with van der Waals surface area (Å²) in [5.41, 5.74) is 2.49. The van der Waals surface area contributed by atoms with E-state index in [9.17, 15) is 4.79 Å². The van der Waals surface area contributed by atoms with Gasteiger partial charge in [-0.25, -0.2) is 15.0 Å². The number of anilines is 1. The minimum absolute atomic E-state index is 0.0792. The van der Waals surface area contributed by atoms with Gasteiger partial charge in [-0.05, 0) is 44.5 Å². The number of hydrogen-bond acceptors (Lipinski definition) is 7. The van der Waals surface area contributed by atoms with Crippen molar-refractivity contribution in [1.82, 2.24) is 24.7 Å². The first-order valence-corrected chi connectivity index (χ1v) is 9.38. The van der Waals surface area contributed by atoms with Crippen molar-refractivity contribution in [2.45, 2.75) is 26.7 Å². The smallest absolute Gasteiger partial charge is 0.224 e. The molecule has 0 fully saturated rings. The van der Waals surface area contributed by atoms with Crippen LogP contribution in [0, 0.1) is 13.8 Å². The first kappa shape index (κ1) is 19.3. The highest BCUT2D eigenvalue weighted by molar-refractivity contribution is 5.90. The maximum Gasteiger partial charge on any atom is 0.224 e. The van der Waals surface area contributed by atoms with E-state index < -0.39 is 0 Å². The Balaban J connectivity index is 1.34. The summed E-state index contributed by atoms with van der Waals surface area (Å²) in [5, 5.41) is 6.79. The topological polar surface area (TPSA) is 108 Å². The molecule has 9 heteroatoms. The lowest BCUT2D eigenvalue weighted by atomic mass is 10.1. The number of nitrogens with zero attached hydrogens (tertiary/aromatic N) is 5. The lowest BCUT2D eigenvalue weighted by Crippen LogP contribution is -2.12. The summed E-state index contributed by atoms with van der Waals surface area (Å²) in [5.74, 6) is 2.33. The van der Waals surface area contributed by atoms with Crippen molar-refractivity contribution < 1.29 is 14.1 Å². The predicted octanol–water partition coefficient (Wildman–Crippen LogP) is 3.63. The van der Waals surface area contributed by atoms with Crippen LogP contribution >= 0.6 is 0 Å². The molecular formula is C21H20N6O3. The second kappa shape index (κ2) is 8.56. The van der Waals surface area contributed by atoms with E-state index in [0.29, 0.717) is 36.0 Å². The van der Waals surface area contributed by atoms with Gasteiger partial charge >= 0.3 is 0 Å². The quantitative estimate of drug-likeness (QED) is 0.501. The highest BCUT2D eigenvalue weighted by atomic mass is 16.5. The van der Waals surface area contributed by atoms with E-state index in [1.54, 1.807) is 53.6 Å². The van der Waals surface area contributed by atoms with Crippen LogP contribution in [0.3, 0.4) is 0 Å². The number of carbonyl (C=O) groups is 1. The zero-order valence-electron chi connectivity index (χ0n) is 16.6. The Morgan fingerprint density at radius 3 is 2.73 bits per heavy atom. The van der Waals surface area contributed by atoms with Gasteiger partial charge in [-0.2, -0.15) is 0 Å². The fourth-order valence-electron chi connectivity index (χ4n) is 2.97. The van der Waals surface area contributed by atoms with Crippen molar-refractivity contribution >= 4 is 11.6 Å². The SMILES string of the molecule is Cc1noc(C)c1CCC(=O)Nc1ccc(Oc2cc(-n3ccnc3)ncn2)cc1.